The quantitative estimate of drug-likeness (QED) is 0.415. The second-order valence-electron chi connectivity index (χ2n) is 5.62. The van der Waals surface area contributed by atoms with Crippen LogP contribution in [0.25, 0.3) is 10.9 Å². The van der Waals surface area contributed by atoms with Crippen molar-refractivity contribution in [3.8, 4) is 0 Å². The molecule has 2 N–H and O–H groups in total. The smallest absolute Gasteiger partial charge is 0.355 e. The van der Waals surface area contributed by atoms with Gasteiger partial charge >= 0.3 is 5.97 Å². The summed E-state index contributed by atoms with van der Waals surface area (Å²) in [5.41, 5.74) is 1.40. The third-order valence-corrected chi connectivity index (χ3v) is 3.80. The Labute approximate surface area is 147 Å². The number of nitro benzene ring substituents is 1. The second-order valence-corrected chi connectivity index (χ2v) is 5.62. The van der Waals surface area contributed by atoms with Gasteiger partial charge < -0.3 is 15.0 Å². The molecule has 132 valence electrons. The highest BCUT2D eigenvalue weighted by Crippen LogP contribution is 2.27. The van der Waals surface area contributed by atoms with Gasteiger partial charge in [0.25, 0.3) is 11.6 Å². The summed E-state index contributed by atoms with van der Waals surface area (Å²) in [6.07, 6.45) is 0. The molecule has 0 fully saturated rings. The molecule has 0 unspecified atom stereocenters. The van der Waals surface area contributed by atoms with Crippen LogP contribution in [-0.2, 0) is 9.53 Å². The molecule has 0 aliphatic heterocycles. The van der Waals surface area contributed by atoms with Gasteiger partial charge in [-0.05, 0) is 24.6 Å². The zero-order valence-electron chi connectivity index (χ0n) is 13.8. The number of anilines is 1. The molecular formula is C18H15N3O5. The van der Waals surface area contributed by atoms with Gasteiger partial charge in [0, 0.05) is 17.0 Å². The second kappa shape index (κ2) is 7.06. The molecule has 0 saturated heterocycles. The largest absolute Gasteiger partial charge is 0.451 e. The van der Waals surface area contributed by atoms with Crippen molar-refractivity contribution < 1.29 is 19.2 Å². The maximum absolute atomic E-state index is 12.1. The van der Waals surface area contributed by atoms with Gasteiger partial charge in [-0.3, -0.25) is 14.9 Å². The maximum Gasteiger partial charge on any atom is 0.355 e. The first-order valence-corrected chi connectivity index (χ1v) is 7.74. The fourth-order valence-corrected chi connectivity index (χ4v) is 2.53. The summed E-state index contributed by atoms with van der Waals surface area (Å²) in [4.78, 5) is 37.5. The van der Waals surface area contributed by atoms with Crippen molar-refractivity contribution in [1.29, 1.82) is 0 Å². The Hall–Kier alpha value is -3.68. The number of aromatic nitrogens is 1. The molecule has 0 bridgehead atoms. The van der Waals surface area contributed by atoms with Gasteiger partial charge in [0.15, 0.2) is 6.61 Å². The van der Waals surface area contributed by atoms with Crippen molar-refractivity contribution in [2.24, 2.45) is 0 Å². The lowest BCUT2D eigenvalue weighted by Crippen LogP contribution is -2.22. The van der Waals surface area contributed by atoms with Crippen LogP contribution in [0.15, 0.2) is 48.5 Å². The van der Waals surface area contributed by atoms with Gasteiger partial charge in [0.1, 0.15) is 11.4 Å². The zero-order chi connectivity index (χ0) is 18.7. The number of nitrogens with zero attached hydrogens (tertiary/aromatic N) is 1. The van der Waals surface area contributed by atoms with Crippen molar-refractivity contribution in [2.45, 2.75) is 6.92 Å². The summed E-state index contributed by atoms with van der Waals surface area (Å²) in [6.45, 7) is 1.08. The van der Waals surface area contributed by atoms with Gasteiger partial charge in [-0.2, -0.15) is 0 Å². The summed E-state index contributed by atoms with van der Waals surface area (Å²) >= 11 is 0. The fraction of sp³-hybridized carbons (Fsp3) is 0.111. The lowest BCUT2D eigenvalue weighted by Gasteiger charge is -2.09. The number of para-hydroxylation sites is 2. The molecule has 8 heteroatoms. The highest BCUT2D eigenvalue weighted by molar-refractivity contribution is 5.98. The van der Waals surface area contributed by atoms with Crippen LogP contribution in [0.3, 0.4) is 0 Å². The van der Waals surface area contributed by atoms with E-state index in [9.17, 15) is 19.7 Å². The number of hydrogen-bond acceptors (Lipinski definition) is 5. The molecule has 0 atom stereocenters. The number of ether oxygens (including phenoxy) is 1. The molecule has 3 rings (SSSR count). The number of esters is 1. The van der Waals surface area contributed by atoms with Crippen molar-refractivity contribution in [1.82, 2.24) is 4.98 Å². The predicted octanol–water partition coefficient (Wildman–Crippen LogP) is 3.18. The average molecular weight is 353 g/mol. The average Bonchev–Trinajstić information content (AvgIpc) is 3.05. The number of amides is 1. The van der Waals surface area contributed by atoms with E-state index in [-0.39, 0.29) is 17.1 Å². The lowest BCUT2D eigenvalue weighted by molar-refractivity contribution is -0.384. The fourth-order valence-electron chi connectivity index (χ4n) is 2.53. The van der Waals surface area contributed by atoms with E-state index in [0.717, 1.165) is 10.9 Å². The van der Waals surface area contributed by atoms with E-state index < -0.39 is 23.4 Å². The summed E-state index contributed by atoms with van der Waals surface area (Å²) in [6, 6.07) is 13.4. The first-order valence-electron chi connectivity index (χ1n) is 7.74. The van der Waals surface area contributed by atoms with E-state index in [0.29, 0.717) is 5.56 Å². The molecule has 2 aromatic carbocycles. The Bertz CT molecular complexity index is 976. The van der Waals surface area contributed by atoms with E-state index in [4.69, 9.17) is 4.74 Å². The van der Waals surface area contributed by atoms with Crippen LogP contribution in [0.2, 0.25) is 0 Å². The van der Waals surface area contributed by atoms with Crippen LogP contribution in [-0.4, -0.2) is 28.4 Å². The molecule has 1 heterocycles. The Morgan fingerprint density at radius 1 is 1.19 bits per heavy atom. The lowest BCUT2D eigenvalue weighted by atomic mass is 10.1. The molecular weight excluding hydrogens is 338 g/mol. The van der Waals surface area contributed by atoms with Crippen molar-refractivity contribution in [3.63, 3.8) is 0 Å². The Morgan fingerprint density at radius 3 is 2.69 bits per heavy atom. The zero-order valence-corrected chi connectivity index (χ0v) is 13.8. The number of aryl methyl sites for hydroxylation is 1. The summed E-state index contributed by atoms with van der Waals surface area (Å²) < 4.78 is 4.98. The SMILES string of the molecule is Cc1cccc([N+](=O)[O-])c1NC(=O)COC(=O)c1cc2ccccc2[nH]1. The molecule has 3 aromatic rings. The monoisotopic (exact) mass is 353 g/mol. The minimum atomic E-state index is -0.685. The first-order chi connectivity index (χ1) is 12.5. The number of carbonyl (C=O) groups excluding carboxylic acids is 2. The Balaban J connectivity index is 1.66. The van der Waals surface area contributed by atoms with Crippen LogP contribution in [0.4, 0.5) is 11.4 Å². The van der Waals surface area contributed by atoms with E-state index in [1.807, 2.05) is 24.3 Å². The molecule has 1 amide bonds. The van der Waals surface area contributed by atoms with E-state index >= 15 is 0 Å². The van der Waals surface area contributed by atoms with Gasteiger partial charge in [-0.1, -0.05) is 30.3 Å². The minimum absolute atomic E-state index is 0.0872. The normalized spacial score (nSPS) is 10.5. The number of hydrogen-bond donors (Lipinski definition) is 2. The summed E-state index contributed by atoms with van der Waals surface area (Å²) in [5.74, 6) is -1.34. The summed E-state index contributed by atoms with van der Waals surface area (Å²) in [7, 11) is 0. The highest BCUT2D eigenvalue weighted by atomic mass is 16.6. The highest BCUT2D eigenvalue weighted by Gasteiger charge is 2.19. The summed E-state index contributed by atoms with van der Waals surface area (Å²) in [5, 5.41) is 14.3. The Kier molecular flexibility index (Phi) is 4.66. The Morgan fingerprint density at radius 2 is 1.96 bits per heavy atom. The molecule has 26 heavy (non-hydrogen) atoms. The number of nitro groups is 1. The molecule has 0 radical (unpaired) electrons. The molecule has 0 spiro atoms. The van der Waals surface area contributed by atoms with Crippen molar-refractivity contribution in [3.05, 3.63) is 69.9 Å². The van der Waals surface area contributed by atoms with Crippen molar-refractivity contribution >= 4 is 34.2 Å². The van der Waals surface area contributed by atoms with Gasteiger partial charge in [0.2, 0.25) is 0 Å². The number of aromatic amines is 1. The number of benzene rings is 2. The third-order valence-electron chi connectivity index (χ3n) is 3.80. The van der Waals surface area contributed by atoms with E-state index in [2.05, 4.69) is 10.3 Å². The van der Waals surface area contributed by atoms with Crippen LogP contribution >= 0.6 is 0 Å². The number of carbonyl (C=O) groups is 2. The first kappa shape index (κ1) is 17.2. The maximum atomic E-state index is 12.1. The number of rotatable bonds is 5. The van der Waals surface area contributed by atoms with Crippen LogP contribution < -0.4 is 5.32 Å². The number of nitrogens with one attached hydrogen (secondary N) is 2. The minimum Gasteiger partial charge on any atom is -0.451 e. The predicted molar refractivity (Wildman–Crippen MR) is 95.0 cm³/mol. The molecule has 0 aliphatic carbocycles. The molecule has 0 saturated carbocycles. The topological polar surface area (TPSA) is 114 Å². The number of fused-ring (bicyclic) bond motifs is 1. The van der Waals surface area contributed by atoms with Gasteiger partial charge in [-0.15, -0.1) is 0 Å². The number of H-pyrrole nitrogens is 1. The van der Waals surface area contributed by atoms with Crippen LogP contribution in [0.5, 0.6) is 0 Å². The van der Waals surface area contributed by atoms with Crippen LogP contribution in [0, 0.1) is 17.0 Å². The molecule has 1 aromatic heterocycles. The molecule has 8 nitrogen and oxygen atoms in total. The van der Waals surface area contributed by atoms with E-state index in [1.54, 1.807) is 19.1 Å². The van der Waals surface area contributed by atoms with Crippen molar-refractivity contribution in [2.75, 3.05) is 11.9 Å². The van der Waals surface area contributed by atoms with Crippen LogP contribution in [0.1, 0.15) is 16.1 Å². The van der Waals surface area contributed by atoms with E-state index in [1.165, 1.54) is 12.1 Å². The van der Waals surface area contributed by atoms with Gasteiger partial charge in [0.05, 0.1) is 4.92 Å². The molecule has 0 aliphatic rings. The van der Waals surface area contributed by atoms with Gasteiger partial charge in [-0.25, -0.2) is 4.79 Å². The standard InChI is InChI=1S/C18H15N3O5/c1-11-5-4-8-15(21(24)25)17(11)20-16(22)10-26-18(23)14-9-12-6-2-3-7-13(12)19-14/h2-9,19H,10H2,1H3,(H,20,22). The third kappa shape index (κ3) is 3.54.